The summed E-state index contributed by atoms with van der Waals surface area (Å²) in [5.41, 5.74) is 5.44. The van der Waals surface area contributed by atoms with Crippen LogP contribution in [-0.2, 0) is 6.18 Å². The number of nitrogens with zero attached hydrogens (tertiary/aromatic N) is 4. The van der Waals surface area contributed by atoms with Crippen molar-refractivity contribution in [2.24, 2.45) is 0 Å². The van der Waals surface area contributed by atoms with E-state index in [4.69, 9.17) is 10.5 Å². The zero-order valence-electron chi connectivity index (χ0n) is 9.60. The highest BCUT2D eigenvalue weighted by atomic mass is 32.1. The Balaban J connectivity index is 2.38. The van der Waals surface area contributed by atoms with Crippen molar-refractivity contribution in [3.8, 4) is 16.7 Å². The molecule has 0 saturated carbocycles. The molecule has 0 radical (unpaired) electrons. The summed E-state index contributed by atoms with van der Waals surface area (Å²) in [6, 6.07) is -0.0352. The molecule has 6 nitrogen and oxygen atoms in total. The first-order valence-corrected chi connectivity index (χ1v) is 5.89. The summed E-state index contributed by atoms with van der Waals surface area (Å²) >= 11 is 0.428. The number of hydrogen-bond acceptors (Lipinski definition) is 7. The van der Waals surface area contributed by atoms with Crippen molar-refractivity contribution >= 4 is 17.3 Å². The maximum absolute atomic E-state index is 12.4. The first-order valence-electron chi connectivity index (χ1n) is 5.08. The van der Waals surface area contributed by atoms with E-state index in [0.717, 1.165) is 6.20 Å². The Morgan fingerprint density at radius 2 is 2.05 bits per heavy atom. The van der Waals surface area contributed by atoms with Crippen LogP contribution >= 0.6 is 11.3 Å². The van der Waals surface area contributed by atoms with E-state index in [1.165, 1.54) is 0 Å². The number of halogens is 3. The third-order valence-electron chi connectivity index (χ3n) is 1.87. The second-order valence-corrected chi connectivity index (χ2v) is 4.29. The number of thiazole rings is 1. The molecular formula is C9H8F3N5OS. The Morgan fingerprint density at radius 1 is 1.32 bits per heavy atom. The van der Waals surface area contributed by atoms with Gasteiger partial charge < -0.3 is 10.5 Å². The Labute approximate surface area is 109 Å². The lowest BCUT2D eigenvalue weighted by Gasteiger charge is -2.03. The maximum atomic E-state index is 12.4. The first kappa shape index (κ1) is 13.5. The Bertz CT molecular complexity index is 585. The van der Waals surface area contributed by atoms with Crippen LogP contribution in [0.5, 0.6) is 6.01 Å². The lowest BCUT2D eigenvalue weighted by Crippen LogP contribution is -2.04. The standard InChI is InChI=1S/C9H8F3N5OS/c1-2-18-8-16-5(15-7(13)17-8)4-3-14-6(19-4)9(10,11)12/h3H,2H2,1H3,(H2,13,15,16,17). The minimum atomic E-state index is -4.50. The average Bonchev–Trinajstić information content (AvgIpc) is 2.77. The predicted molar refractivity (Wildman–Crippen MR) is 61.5 cm³/mol. The summed E-state index contributed by atoms with van der Waals surface area (Å²) < 4.78 is 42.4. The largest absolute Gasteiger partial charge is 0.464 e. The molecule has 10 heteroatoms. The zero-order chi connectivity index (χ0) is 14.0. The summed E-state index contributed by atoms with van der Waals surface area (Å²) in [6.45, 7) is 2.02. The van der Waals surface area contributed by atoms with Gasteiger partial charge in [-0.05, 0) is 6.92 Å². The summed E-state index contributed by atoms with van der Waals surface area (Å²) in [6.07, 6.45) is -3.46. The molecule has 2 aromatic heterocycles. The molecule has 2 N–H and O–H groups in total. The van der Waals surface area contributed by atoms with E-state index in [2.05, 4.69) is 19.9 Å². The number of anilines is 1. The molecule has 2 aromatic rings. The molecule has 0 saturated heterocycles. The van der Waals surface area contributed by atoms with Crippen molar-refractivity contribution in [3.63, 3.8) is 0 Å². The van der Waals surface area contributed by atoms with E-state index >= 15 is 0 Å². The van der Waals surface area contributed by atoms with Crippen LogP contribution in [0.3, 0.4) is 0 Å². The number of alkyl halides is 3. The van der Waals surface area contributed by atoms with Crippen molar-refractivity contribution < 1.29 is 17.9 Å². The topological polar surface area (TPSA) is 86.8 Å². The van der Waals surface area contributed by atoms with Crippen LogP contribution in [0.1, 0.15) is 11.9 Å². The van der Waals surface area contributed by atoms with E-state index in [0.29, 0.717) is 17.9 Å². The third kappa shape index (κ3) is 3.08. The van der Waals surface area contributed by atoms with Crippen molar-refractivity contribution in [2.45, 2.75) is 13.1 Å². The highest BCUT2D eigenvalue weighted by Gasteiger charge is 2.35. The van der Waals surface area contributed by atoms with Gasteiger partial charge in [-0.15, -0.1) is 11.3 Å². The van der Waals surface area contributed by atoms with Gasteiger partial charge in [-0.1, -0.05) is 0 Å². The lowest BCUT2D eigenvalue weighted by atomic mass is 10.5. The van der Waals surface area contributed by atoms with Gasteiger partial charge in [-0.2, -0.15) is 28.1 Å². The molecular weight excluding hydrogens is 283 g/mol. The smallest absolute Gasteiger partial charge is 0.443 e. The second kappa shape index (κ2) is 4.96. The number of aromatic nitrogens is 4. The summed E-state index contributed by atoms with van der Waals surface area (Å²) in [7, 11) is 0. The molecule has 0 aliphatic rings. The molecule has 0 aliphatic carbocycles. The molecule has 0 unspecified atom stereocenters. The van der Waals surface area contributed by atoms with E-state index in [1.54, 1.807) is 6.92 Å². The highest BCUT2D eigenvalue weighted by Crippen LogP contribution is 2.35. The number of ether oxygens (including phenoxy) is 1. The molecule has 0 aliphatic heterocycles. The van der Waals surface area contributed by atoms with Gasteiger partial charge in [0, 0.05) is 6.20 Å². The fraction of sp³-hybridized carbons (Fsp3) is 0.333. The molecule has 2 heterocycles. The molecule has 0 aromatic carbocycles. The van der Waals surface area contributed by atoms with Gasteiger partial charge in [-0.25, -0.2) is 4.98 Å². The van der Waals surface area contributed by atoms with Crippen LogP contribution < -0.4 is 10.5 Å². The van der Waals surface area contributed by atoms with E-state index in [1.807, 2.05) is 0 Å². The highest BCUT2D eigenvalue weighted by molar-refractivity contribution is 7.15. The molecule has 0 atom stereocenters. The minimum Gasteiger partial charge on any atom is -0.464 e. The summed E-state index contributed by atoms with van der Waals surface area (Å²) in [4.78, 5) is 14.7. The molecule has 2 rings (SSSR count). The van der Waals surface area contributed by atoms with Gasteiger partial charge in [0.05, 0.1) is 11.5 Å². The molecule has 0 bridgehead atoms. The van der Waals surface area contributed by atoms with Crippen LogP contribution in [0.2, 0.25) is 0 Å². The maximum Gasteiger partial charge on any atom is 0.443 e. The van der Waals surface area contributed by atoms with E-state index in [-0.39, 0.29) is 22.7 Å². The third-order valence-corrected chi connectivity index (χ3v) is 2.91. The monoisotopic (exact) mass is 291 g/mol. The molecule has 0 spiro atoms. The number of rotatable bonds is 3. The van der Waals surface area contributed by atoms with Crippen molar-refractivity contribution in [3.05, 3.63) is 11.2 Å². The van der Waals surface area contributed by atoms with Gasteiger partial charge in [-0.3, -0.25) is 0 Å². The minimum absolute atomic E-state index is 0.00366. The van der Waals surface area contributed by atoms with Crippen molar-refractivity contribution in [2.75, 3.05) is 12.3 Å². The Hall–Kier alpha value is -1.97. The van der Waals surface area contributed by atoms with Crippen molar-refractivity contribution in [1.29, 1.82) is 0 Å². The summed E-state index contributed by atoms with van der Waals surface area (Å²) in [5.74, 6) is -0.126. The van der Waals surface area contributed by atoms with Gasteiger partial charge in [0.2, 0.25) is 5.95 Å². The number of nitrogen functional groups attached to an aromatic ring is 1. The SMILES string of the molecule is CCOc1nc(N)nc(-c2cnc(C(F)(F)F)s2)n1. The Kier molecular flexibility index (Phi) is 3.51. The number of hydrogen-bond donors (Lipinski definition) is 1. The van der Waals surface area contributed by atoms with E-state index < -0.39 is 11.2 Å². The Morgan fingerprint density at radius 3 is 2.63 bits per heavy atom. The molecule has 102 valence electrons. The van der Waals surface area contributed by atoms with Crippen LogP contribution in [0.15, 0.2) is 6.20 Å². The molecule has 0 amide bonds. The quantitative estimate of drug-likeness (QED) is 0.930. The molecule has 0 fully saturated rings. The van der Waals surface area contributed by atoms with Gasteiger partial charge in [0.15, 0.2) is 10.8 Å². The van der Waals surface area contributed by atoms with Gasteiger partial charge in [0.25, 0.3) is 0 Å². The van der Waals surface area contributed by atoms with Crippen LogP contribution in [0, 0.1) is 0 Å². The fourth-order valence-electron chi connectivity index (χ4n) is 1.18. The second-order valence-electron chi connectivity index (χ2n) is 3.26. The van der Waals surface area contributed by atoms with Gasteiger partial charge >= 0.3 is 12.2 Å². The van der Waals surface area contributed by atoms with Crippen LogP contribution in [-0.4, -0.2) is 26.5 Å². The van der Waals surface area contributed by atoms with Gasteiger partial charge in [0.1, 0.15) is 0 Å². The number of nitrogens with two attached hydrogens (primary N) is 1. The van der Waals surface area contributed by atoms with E-state index in [9.17, 15) is 13.2 Å². The molecule has 19 heavy (non-hydrogen) atoms. The van der Waals surface area contributed by atoms with Crippen LogP contribution in [0.4, 0.5) is 19.1 Å². The van der Waals surface area contributed by atoms with Crippen molar-refractivity contribution in [1.82, 2.24) is 19.9 Å². The van der Waals surface area contributed by atoms with Crippen LogP contribution in [0.25, 0.3) is 10.7 Å². The summed E-state index contributed by atoms with van der Waals surface area (Å²) in [5, 5.41) is -0.973. The fourth-order valence-corrected chi connectivity index (χ4v) is 1.90. The first-order chi connectivity index (χ1) is 8.90. The zero-order valence-corrected chi connectivity index (χ0v) is 10.4. The normalized spacial score (nSPS) is 11.6. The average molecular weight is 291 g/mol. The predicted octanol–water partition coefficient (Wildman–Crippen LogP) is 1.99. The lowest BCUT2D eigenvalue weighted by molar-refractivity contribution is -0.137.